The Morgan fingerprint density at radius 3 is 1.86 bits per heavy atom. The van der Waals surface area contributed by atoms with E-state index in [9.17, 15) is 5.11 Å². The van der Waals surface area contributed by atoms with Gasteiger partial charge in [0, 0.05) is 22.0 Å². The summed E-state index contributed by atoms with van der Waals surface area (Å²) in [5.41, 5.74) is 3.25. The molecule has 28 heavy (non-hydrogen) atoms. The van der Waals surface area contributed by atoms with Gasteiger partial charge in [-0.05, 0) is 30.3 Å². The summed E-state index contributed by atoms with van der Waals surface area (Å²) in [7, 11) is 4.25. The van der Waals surface area contributed by atoms with Gasteiger partial charge in [-0.15, -0.1) is 0 Å². The van der Waals surface area contributed by atoms with Crippen LogP contribution in [0.5, 0.6) is 0 Å². The van der Waals surface area contributed by atoms with Crippen LogP contribution in [0.1, 0.15) is 5.56 Å². The van der Waals surface area contributed by atoms with Gasteiger partial charge in [0.15, 0.2) is 0 Å². The van der Waals surface area contributed by atoms with Gasteiger partial charge in [0.1, 0.15) is 19.2 Å². The highest BCUT2D eigenvalue weighted by Crippen LogP contribution is 2.26. The summed E-state index contributed by atoms with van der Waals surface area (Å²) >= 11 is 6.33. The lowest BCUT2D eigenvalue weighted by Gasteiger charge is -2.34. The molecule has 146 valence electrons. The van der Waals surface area contributed by atoms with Crippen LogP contribution in [0.3, 0.4) is 0 Å². The van der Waals surface area contributed by atoms with Crippen molar-refractivity contribution in [2.45, 2.75) is 12.6 Å². The fourth-order valence-electron chi connectivity index (χ4n) is 3.57. The van der Waals surface area contributed by atoms with Crippen LogP contribution in [-0.2, 0) is 6.54 Å². The number of aliphatic hydroxyl groups excluding tert-OH is 1. The van der Waals surface area contributed by atoms with E-state index in [-0.39, 0.29) is 0 Å². The lowest BCUT2D eigenvalue weighted by Crippen LogP contribution is -2.47. The van der Waals surface area contributed by atoms with Gasteiger partial charge in [0.25, 0.3) is 0 Å². The molecule has 0 radical (unpaired) electrons. The van der Waals surface area contributed by atoms with Crippen LogP contribution in [0, 0.1) is 0 Å². The van der Waals surface area contributed by atoms with Crippen LogP contribution in [-0.4, -0.2) is 42.9 Å². The molecule has 0 bridgehead atoms. The molecule has 0 saturated carbocycles. The fraction of sp³-hybridized carbons (Fsp3) is 0.250. The van der Waals surface area contributed by atoms with Crippen molar-refractivity contribution in [2.75, 3.05) is 32.1 Å². The third kappa shape index (κ3) is 5.59. The van der Waals surface area contributed by atoms with Gasteiger partial charge in [0.2, 0.25) is 0 Å². The van der Waals surface area contributed by atoms with Crippen LogP contribution < -0.4 is 4.90 Å². The molecule has 3 aromatic rings. The number of para-hydroxylation sites is 2. The summed E-state index contributed by atoms with van der Waals surface area (Å²) in [6.45, 7) is 1.92. The van der Waals surface area contributed by atoms with Crippen LogP contribution in [0.4, 0.5) is 11.4 Å². The van der Waals surface area contributed by atoms with Crippen LogP contribution >= 0.6 is 11.6 Å². The van der Waals surface area contributed by atoms with Gasteiger partial charge in [-0.3, -0.25) is 0 Å². The number of nitrogens with zero attached hydrogens (tertiary/aromatic N) is 2. The first-order chi connectivity index (χ1) is 13.4. The summed E-state index contributed by atoms with van der Waals surface area (Å²) in [5, 5.41) is 11.7. The Morgan fingerprint density at radius 2 is 1.32 bits per heavy atom. The summed E-state index contributed by atoms with van der Waals surface area (Å²) in [6, 6.07) is 28.3. The second-order valence-electron chi connectivity index (χ2n) is 7.80. The highest BCUT2D eigenvalue weighted by atomic mass is 35.5. The molecule has 0 amide bonds. The lowest BCUT2D eigenvalue weighted by atomic mass is 10.1. The van der Waals surface area contributed by atoms with Crippen LogP contribution in [0.2, 0.25) is 5.02 Å². The first kappa shape index (κ1) is 20.4. The van der Waals surface area contributed by atoms with Crippen molar-refractivity contribution in [3.63, 3.8) is 0 Å². The van der Waals surface area contributed by atoms with Crippen LogP contribution in [0.15, 0.2) is 84.9 Å². The molecule has 0 heterocycles. The van der Waals surface area contributed by atoms with Gasteiger partial charge in [0.05, 0.1) is 20.6 Å². The predicted octanol–water partition coefficient (Wildman–Crippen LogP) is 5.12. The van der Waals surface area contributed by atoms with Gasteiger partial charge in [-0.25, -0.2) is 0 Å². The monoisotopic (exact) mass is 395 g/mol. The molecule has 0 aliphatic carbocycles. The van der Waals surface area contributed by atoms with Crippen molar-refractivity contribution in [1.29, 1.82) is 0 Å². The molecule has 3 rings (SSSR count). The number of anilines is 2. The maximum absolute atomic E-state index is 10.9. The number of aliphatic hydroxyl groups is 1. The predicted molar refractivity (Wildman–Crippen MR) is 118 cm³/mol. The lowest BCUT2D eigenvalue weighted by molar-refractivity contribution is -0.906. The first-order valence-corrected chi connectivity index (χ1v) is 9.93. The SMILES string of the molecule is C[N+](C)(Cc1ccccc1Cl)C[C@H](O)CN(c1ccccc1)c1ccccc1. The minimum atomic E-state index is -0.488. The van der Waals surface area contributed by atoms with Gasteiger partial charge in [-0.1, -0.05) is 66.2 Å². The molecule has 0 aromatic heterocycles. The largest absolute Gasteiger partial charge is 0.385 e. The molecule has 1 N–H and O–H groups in total. The van der Waals surface area contributed by atoms with E-state index >= 15 is 0 Å². The van der Waals surface area contributed by atoms with Crippen molar-refractivity contribution in [3.05, 3.63) is 95.5 Å². The molecule has 0 saturated heterocycles. The maximum atomic E-state index is 10.9. The molecule has 0 aliphatic heterocycles. The van der Waals surface area contributed by atoms with Crippen LogP contribution in [0.25, 0.3) is 0 Å². The number of benzene rings is 3. The average Bonchev–Trinajstić information content (AvgIpc) is 2.69. The number of halogens is 1. The van der Waals surface area contributed by atoms with Crippen molar-refractivity contribution in [2.24, 2.45) is 0 Å². The van der Waals surface area contributed by atoms with Crippen molar-refractivity contribution in [3.8, 4) is 0 Å². The summed E-state index contributed by atoms with van der Waals surface area (Å²) in [5.74, 6) is 0. The van der Waals surface area contributed by atoms with E-state index in [1.165, 1.54) is 0 Å². The van der Waals surface area contributed by atoms with E-state index in [0.29, 0.717) is 17.6 Å². The summed E-state index contributed by atoms with van der Waals surface area (Å²) in [6.07, 6.45) is -0.488. The van der Waals surface area contributed by atoms with Gasteiger partial charge in [-0.2, -0.15) is 0 Å². The maximum Gasteiger partial charge on any atom is 0.121 e. The number of rotatable bonds is 8. The van der Waals surface area contributed by atoms with E-state index in [0.717, 1.165) is 28.5 Å². The Bertz CT molecular complexity index is 829. The van der Waals surface area contributed by atoms with Crippen molar-refractivity contribution < 1.29 is 9.59 Å². The van der Waals surface area contributed by atoms with E-state index in [1.54, 1.807) is 0 Å². The average molecular weight is 396 g/mol. The second kappa shape index (κ2) is 9.24. The van der Waals surface area contributed by atoms with Crippen molar-refractivity contribution in [1.82, 2.24) is 0 Å². The number of quaternary nitrogens is 1. The Hall–Kier alpha value is -2.33. The zero-order valence-electron chi connectivity index (χ0n) is 16.5. The quantitative estimate of drug-likeness (QED) is 0.535. The Kier molecular flexibility index (Phi) is 6.74. The molecule has 0 unspecified atom stereocenters. The van der Waals surface area contributed by atoms with E-state index in [1.807, 2.05) is 54.6 Å². The topological polar surface area (TPSA) is 23.5 Å². The molecular formula is C24H28ClN2O+. The molecule has 0 aliphatic rings. The fourth-order valence-corrected chi connectivity index (χ4v) is 3.76. The molecule has 0 spiro atoms. The highest BCUT2D eigenvalue weighted by Gasteiger charge is 2.24. The Labute approximate surface area is 173 Å². The standard InChI is InChI=1S/C24H28ClN2O/c1-27(2,18-20-11-9-10-16-24(20)25)19-23(28)17-26(21-12-5-3-6-13-21)22-14-7-4-8-15-22/h3-16,23,28H,17-19H2,1-2H3/q+1/t23-/m1/s1. The summed E-state index contributed by atoms with van der Waals surface area (Å²) in [4.78, 5) is 2.17. The molecular weight excluding hydrogens is 368 g/mol. The molecule has 3 aromatic carbocycles. The van der Waals surface area contributed by atoms with E-state index in [4.69, 9.17) is 11.6 Å². The van der Waals surface area contributed by atoms with E-state index < -0.39 is 6.10 Å². The number of hydrogen-bond donors (Lipinski definition) is 1. The first-order valence-electron chi connectivity index (χ1n) is 9.56. The minimum Gasteiger partial charge on any atom is -0.385 e. The zero-order chi connectivity index (χ0) is 20.0. The Morgan fingerprint density at radius 1 is 0.821 bits per heavy atom. The zero-order valence-corrected chi connectivity index (χ0v) is 17.3. The molecule has 0 fully saturated rings. The number of likely N-dealkylation sites (N-methyl/N-ethyl adjacent to an activating group) is 1. The second-order valence-corrected chi connectivity index (χ2v) is 8.21. The van der Waals surface area contributed by atoms with E-state index in [2.05, 4.69) is 49.3 Å². The smallest absolute Gasteiger partial charge is 0.121 e. The third-order valence-electron chi connectivity index (χ3n) is 4.79. The van der Waals surface area contributed by atoms with Crippen molar-refractivity contribution >= 4 is 23.0 Å². The summed E-state index contributed by atoms with van der Waals surface area (Å²) < 4.78 is 0.655. The molecule has 4 heteroatoms. The molecule has 1 atom stereocenters. The Balaban J connectivity index is 1.73. The minimum absolute atomic E-state index is 0.488. The normalized spacial score (nSPS) is 12.6. The third-order valence-corrected chi connectivity index (χ3v) is 5.16. The molecule has 3 nitrogen and oxygen atoms in total. The highest BCUT2D eigenvalue weighted by molar-refractivity contribution is 6.31. The van der Waals surface area contributed by atoms with Gasteiger partial charge >= 0.3 is 0 Å². The van der Waals surface area contributed by atoms with Gasteiger partial charge < -0.3 is 14.5 Å². The number of hydrogen-bond acceptors (Lipinski definition) is 2.